The third-order valence-corrected chi connectivity index (χ3v) is 8.52. The number of hydrogen-bond donors (Lipinski definition) is 1. The number of carbonyl (C=O) groups is 1. The molecule has 1 N–H and O–H groups in total. The van der Waals surface area contributed by atoms with E-state index in [0.717, 1.165) is 41.6 Å². The monoisotopic (exact) mass is 566 g/mol. The molecule has 226 valence electrons. The summed E-state index contributed by atoms with van der Waals surface area (Å²) in [6.45, 7) is 21.4. The van der Waals surface area contributed by atoms with Gasteiger partial charge in [-0.05, 0) is 93.9 Å². The van der Waals surface area contributed by atoms with Crippen LogP contribution in [-0.4, -0.2) is 17.0 Å². The lowest BCUT2D eigenvalue weighted by Gasteiger charge is -2.35. The lowest BCUT2D eigenvalue weighted by molar-refractivity contribution is -0.116. The highest BCUT2D eigenvalue weighted by Gasteiger charge is 2.31. The van der Waals surface area contributed by atoms with E-state index < -0.39 is 0 Å². The van der Waals surface area contributed by atoms with E-state index in [1.54, 1.807) is 0 Å². The van der Waals surface area contributed by atoms with Gasteiger partial charge in [0.25, 0.3) is 0 Å². The second-order valence-electron chi connectivity index (χ2n) is 13.3. The van der Waals surface area contributed by atoms with E-state index in [2.05, 4.69) is 147 Å². The first kappa shape index (κ1) is 35.0. The first-order valence-corrected chi connectivity index (χ1v) is 15.4. The van der Waals surface area contributed by atoms with Crippen LogP contribution in [0.3, 0.4) is 0 Å². The Balaban J connectivity index is 1.92. The molecule has 2 rings (SSSR count). The highest BCUT2D eigenvalue weighted by atomic mass is 16.3. The summed E-state index contributed by atoms with van der Waals surface area (Å²) in [4.78, 5) is 12.2. The molecule has 0 aliphatic heterocycles. The molecule has 0 aromatic carbocycles. The maximum absolute atomic E-state index is 12.2. The van der Waals surface area contributed by atoms with Crippen molar-refractivity contribution in [3.8, 4) is 0 Å². The maximum atomic E-state index is 12.2. The SMILES string of the molecule is CC1=C(/C=C/C(C)=C/C=C/C(C)=C/C=C/C=C(C)/C=C/C=C(C)/C=C/C2=C(C)C(O)CCC2(C)C)C(C)(C)CCC1=O. The quantitative estimate of drug-likeness (QED) is 0.267. The van der Waals surface area contributed by atoms with Crippen molar-refractivity contribution in [2.24, 2.45) is 10.8 Å². The molecule has 2 aliphatic carbocycles. The summed E-state index contributed by atoms with van der Waals surface area (Å²) in [5.41, 5.74) is 9.24. The predicted molar refractivity (Wildman–Crippen MR) is 183 cm³/mol. The summed E-state index contributed by atoms with van der Waals surface area (Å²) in [6, 6.07) is 0. The Kier molecular flexibility index (Phi) is 13.2. The molecule has 0 fully saturated rings. The minimum Gasteiger partial charge on any atom is -0.389 e. The molecule has 42 heavy (non-hydrogen) atoms. The predicted octanol–water partition coefficient (Wildman–Crippen LogP) is 10.8. The number of allylic oxidation sites excluding steroid dienone is 21. The van der Waals surface area contributed by atoms with Crippen LogP contribution >= 0.6 is 0 Å². The molecular weight excluding hydrogens is 512 g/mol. The Hall–Kier alpha value is -3.23. The molecule has 0 aromatic heterocycles. The number of rotatable bonds is 10. The van der Waals surface area contributed by atoms with E-state index in [-0.39, 0.29) is 22.7 Å². The molecule has 1 unspecified atom stereocenters. The van der Waals surface area contributed by atoms with E-state index in [1.807, 2.05) is 6.92 Å². The fraction of sp³-hybridized carbons (Fsp3) is 0.425. The zero-order valence-corrected chi connectivity index (χ0v) is 27.8. The summed E-state index contributed by atoms with van der Waals surface area (Å²) >= 11 is 0. The van der Waals surface area contributed by atoms with Crippen molar-refractivity contribution < 1.29 is 9.90 Å². The highest BCUT2D eigenvalue weighted by Crippen LogP contribution is 2.41. The van der Waals surface area contributed by atoms with Crippen molar-refractivity contribution in [1.82, 2.24) is 0 Å². The van der Waals surface area contributed by atoms with Gasteiger partial charge in [0.1, 0.15) is 0 Å². The molecule has 0 saturated carbocycles. The lowest BCUT2D eigenvalue weighted by atomic mass is 9.71. The van der Waals surface area contributed by atoms with Gasteiger partial charge in [-0.25, -0.2) is 0 Å². The first-order valence-electron chi connectivity index (χ1n) is 15.4. The van der Waals surface area contributed by atoms with E-state index in [0.29, 0.717) is 6.42 Å². The summed E-state index contributed by atoms with van der Waals surface area (Å²) in [5, 5.41) is 10.3. The number of aliphatic hydroxyl groups is 1. The lowest BCUT2D eigenvalue weighted by Crippen LogP contribution is -2.27. The Morgan fingerprint density at radius 2 is 1.10 bits per heavy atom. The van der Waals surface area contributed by atoms with Crippen LogP contribution in [0.1, 0.15) is 94.9 Å². The van der Waals surface area contributed by atoms with Crippen molar-refractivity contribution in [1.29, 1.82) is 0 Å². The van der Waals surface area contributed by atoms with Crippen molar-refractivity contribution >= 4 is 5.78 Å². The van der Waals surface area contributed by atoms with Gasteiger partial charge >= 0.3 is 0 Å². The Morgan fingerprint density at radius 3 is 1.62 bits per heavy atom. The minimum absolute atomic E-state index is 0.0428. The number of Topliss-reactive ketones (excluding diaryl/α,β-unsaturated/α-hetero) is 1. The van der Waals surface area contributed by atoms with Crippen molar-refractivity contribution in [2.45, 2.75) is 101 Å². The van der Waals surface area contributed by atoms with Gasteiger partial charge in [0.05, 0.1) is 6.10 Å². The third kappa shape index (κ3) is 10.9. The molecule has 0 heterocycles. The molecule has 0 radical (unpaired) electrons. The number of hydrogen-bond acceptors (Lipinski definition) is 2. The summed E-state index contributed by atoms with van der Waals surface area (Å²) in [7, 11) is 0. The Morgan fingerprint density at radius 1 is 0.667 bits per heavy atom. The molecule has 2 heteroatoms. The van der Waals surface area contributed by atoms with Crippen LogP contribution in [0.15, 0.2) is 130 Å². The van der Waals surface area contributed by atoms with E-state index in [4.69, 9.17) is 0 Å². The van der Waals surface area contributed by atoms with Gasteiger partial charge in [-0.1, -0.05) is 135 Å². The summed E-state index contributed by atoms with van der Waals surface area (Å²) in [5.74, 6) is 0.273. The molecule has 0 saturated heterocycles. The summed E-state index contributed by atoms with van der Waals surface area (Å²) in [6.07, 6.45) is 32.6. The van der Waals surface area contributed by atoms with Crippen LogP contribution in [0.25, 0.3) is 0 Å². The molecule has 0 spiro atoms. The molecular formula is C40H54O2. The largest absolute Gasteiger partial charge is 0.389 e. The van der Waals surface area contributed by atoms with Crippen LogP contribution in [-0.2, 0) is 4.79 Å². The van der Waals surface area contributed by atoms with Gasteiger partial charge in [-0.15, -0.1) is 0 Å². The normalized spacial score (nSPS) is 23.3. The minimum atomic E-state index is -0.318. The van der Waals surface area contributed by atoms with Crippen molar-refractivity contribution in [3.05, 3.63) is 130 Å². The van der Waals surface area contributed by atoms with Gasteiger partial charge < -0.3 is 5.11 Å². The average Bonchev–Trinajstić information content (AvgIpc) is 2.91. The first-order chi connectivity index (χ1) is 19.6. The van der Waals surface area contributed by atoms with Gasteiger partial charge in [0, 0.05) is 6.42 Å². The standard InChI is InChI=1S/C40H54O2/c1-29(17-13-19-31(3)21-23-35-33(5)37(41)25-27-39(35,7)8)15-11-12-16-30(2)18-14-20-32(4)22-24-36-34(6)38(42)26-28-40(36,9)10/h11-24,37,41H,25-28H2,1-10H3/b12-11+,17-13+,18-14+,23-21+,24-22+,29-15+,30-16+,31-19+,32-20+. The second kappa shape index (κ2) is 15.8. The van der Waals surface area contributed by atoms with Crippen LogP contribution in [0, 0.1) is 10.8 Å². The fourth-order valence-electron chi connectivity index (χ4n) is 5.45. The van der Waals surface area contributed by atoms with Crippen molar-refractivity contribution in [2.75, 3.05) is 0 Å². The Labute approximate surface area is 256 Å². The van der Waals surface area contributed by atoms with Gasteiger partial charge in [-0.2, -0.15) is 0 Å². The highest BCUT2D eigenvalue weighted by molar-refractivity contribution is 5.97. The van der Waals surface area contributed by atoms with Gasteiger partial charge in [0.2, 0.25) is 0 Å². The molecule has 1 atom stereocenters. The molecule has 0 amide bonds. The topological polar surface area (TPSA) is 37.3 Å². The third-order valence-electron chi connectivity index (χ3n) is 8.52. The zero-order valence-electron chi connectivity index (χ0n) is 27.8. The van der Waals surface area contributed by atoms with Gasteiger partial charge in [0.15, 0.2) is 5.78 Å². The maximum Gasteiger partial charge on any atom is 0.158 e. The summed E-state index contributed by atoms with van der Waals surface area (Å²) < 4.78 is 0. The molecule has 2 nitrogen and oxygen atoms in total. The van der Waals surface area contributed by atoms with Crippen LogP contribution in [0.4, 0.5) is 0 Å². The number of ketones is 1. The van der Waals surface area contributed by atoms with E-state index in [1.165, 1.54) is 22.3 Å². The second-order valence-corrected chi connectivity index (χ2v) is 13.3. The molecule has 0 aromatic rings. The van der Waals surface area contributed by atoms with Crippen LogP contribution in [0.2, 0.25) is 0 Å². The van der Waals surface area contributed by atoms with Crippen molar-refractivity contribution in [3.63, 3.8) is 0 Å². The van der Waals surface area contributed by atoms with Crippen LogP contribution < -0.4 is 0 Å². The molecule has 2 aliphatic rings. The van der Waals surface area contributed by atoms with E-state index >= 15 is 0 Å². The molecule has 0 bridgehead atoms. The number of carbonyl (C=O) groups excluding carboxylic acids is 1. The fourth-order valence-corrected chi connectivity index (χ4v) is 5.45. The van der Waals surface area contributed by atoms with Gasteiger partial charge in [-0.3, -0.25) is 4.79 Å². The number of aliphatic hydroxyl groups excluding tert-OH is 1. The smallest absolute Gasteiger partial charge is 0.158 e. The van der Waals surface area contributed by atoms with Crippen LogP contribution in [0.5, 0.6) is 0 Å². The van der Waals surface area contributed by atoms with E-state index in [9.17, 15) is 9.90 Å². The average molecular weight is 567 g/mol. The zero-order chi connectivity index (χ0) is 31.5. The Bertz CT molecular complexity index is 1330.